The molecule has 0 aliphatic carbocycles. The molecular weight excluding hydrogens is 546 g/mol. The second-order valence-corrected chi connectivity index (χ2v) is 9.95. The Balaban J connectivity index is 0.00000104. The summed E-state index contributed by atoms with van der Waals surface area (Å²) in [4.78, 5) is 0. The van der Waals surface area contributed by atoms with Gasteiger partial charge in [-0.2, -0.15) is 0 Å². The van der Waals surface area contributed by atoms with Gasteiger partial charge in [0.15, 0.2) is 0 Å². The van der Waals surface area contributed by atoms with Gasteiger partial charge in [0.2, 0.25) is 0 Å². The maximum Gasteiger partial charge on any atom is 0.135 e. The van der Waals surface area contributed by atoms with E-state index in [-0.39, 0.29) is 0 Å². The first-order valence-corrected chi connectivity index (χ1v) is 15.6. The molecule has 0 atom stereocenters. The number of hydrogen-bond donors (Lipinski definition) is 0. The number of benzene rings is 3. The zero-order chi connectivity index (χ0) is 32.6. The van der Waals surface area contributed by atoms with Crippen LogP contribution in [0.25, 0.3) is 50.9 Å². The third-order valence-corrected chi connectivity index (χ3v) is 6.99. The highest BCUT2D eigenvalue weighted by molar-refractivity contribution is 6.06. The molecule has 2 heterocycles. The fourth-order valence-corrected chi connectivity index (χ4v) is 5.01. The maximum atomic E-state index is 6.07. The number of terminal acetylenes is 1. The van der Waals surface area contributed by atoms with Crippen LogP contribution in [0.1, 0.15) is 70.7 Å². The van der Waals surface area contributed by atoms with Gasteiger partial charge in [-0.25, -0.2) is 0 Å². The normalized spacial score (nSPS) is 12.2. The van der Waals surface area contributed by atoms with Crippen LogP contribution >= 0.6 is 0 Å². The zero-order valence-electron chi connectivity index (χ0n) is 27.7. The number of para-hydroxylation sites is 1. The summed E-state index contributed by atoms with van der Waals surface area (Å²) in [5.41, 5.74) is 9.98. The van der Waals surface area contributed by atoms with E-state index in [9.17, 15) is 0 Å². The molecule has 3 aromatic carbocycles. The van der Waals surface area contributed by atoms with Gasteiger partial charge in [0.25, 0.3) is 0 Å². The quantitative estimate of drug-likeness (QED) is 0.130. The van der Waals surface area contributed by atoms with Crippen molar-refractivity contribution in [1.29, 1.82) is 0 Å². The average Bonchev–Trinajstić information content (AvgIpc) is 3.65. The predicted octanol–water partition coefficient (Wildman–Crippen LogP) is 12.7. The topological polar surface area (TPSA) is 18.1 Å². The van der Waals surface area contributed by atoms with Gasteiger partial charge in [-0.05, 0) is 98.9 Å². The SMILES string of the molecule is C#CC.C/C=C\C=C/c1cn(-c2ccc(C(/C=C\C)=C/C)cc2)cc1/C=C(\C=C/C)c1ccc2oc3ccccc3c2c1.CC. The van der Waals surface area contributed by atoms with E-state index in [0.29, 0.717) is 0 Å². The number of hydrogen-bond acceptors (Lipinski definition) is 1. The van der Waals surface area contributed by atoms with Gasteiger partial charge >= 0.3 is 0 Å². The molecule has 0 aliphatic heterocycles. The molecule has 0 N–H and O–H groups in total. The van der Waals surface area contributed by atoms with Crippen LogP contribution in [0.5, 0.6) is 0 Å². The van der Waals surface area contributed by atoms with Gasteiger partial charge in [-0.3, -0.25) is 0 Å². The monoisotopic (exact) mass is 591 g/mol. The largest absolute Gasteiger partial charge is 0.456 e. The number of fused-ring (bicyclic) bond motifs is 3. The molecule has 0 saturated carbocycles. The van der Waals surface area contributed by atoms with Crippen molar-refractivity contribution in [2.75, 3.05) is 0 Å². The lowest BCUT2D eigenvalue weighted by molar-refractivity contribution is 0.669. The fourth-order valence-electron chi connectivity index (χ4n) is 5.01. The summed E-state index contributed by atoms with van der Waals surface area (Å²) < 4.78 is 8.28. The van der Waals surface area contributed by atoms with Crippen molar-refractivity contribution in [3.8, 4) is 18.0 Å². The fraction of sp³-hybridized carbons (Fsp3) is 0.163. The highest BCUT2D eigenvalue weighted by atomic mass is 16.3. The molecule has 45 heavy (non-hydrogen) atoms. The molecule has 2 aromatic heterocycles. The molecule has 0 spiro atoms. The number of nitrogens with zero attached hydrogens (tertiary/aromatic N) is 1. The van der Waals surface area contributed by atoms with E-state index in [1.54, 1.807) is 6.92 Å². The Labute approximate surface area is 270 Å². The van der Waals surface area contributed by atoms with Gasteiger partial charge in [0.05, 0.1) is 0 Å². The summed E-state index contributed by atoms with van der Waals surface area (Å²) in [7, 11) is 0. The smallest absolute Gasteiger partial charge is 0.135 e. The Bertz CT molecular complexity index is 1900. The lowest BCUT2D eigenvalue weighted by Crippen LogP contribution is -1.90. The molecule has 0 amide bonds. The standard InChI is InChI=1S/C38H35NO.C3H4.C2H6/c1-5-9-10-15-32-26-39(34-21-18-29(19-22-34)28(8-4)13-6-2)27-33(32)24-30(14-7-3)31-20-23-38-36(25-31)35-16-11-12-17-37(35)40-38;1-3-2;1-2/h5-27H,1-4H3;1H,2H3;1-2H3/b9-5-,13-6-,14-7-,15-10-,28-8+,30-24+;;. The summed E-state index contributed by atoms with van der Waals surface area (Å²) in [5, 5.41) is 2.27. The summed E-state index contributed by atoms with van der Waals surface area (Å²) in [6.07, 6.45) is 30.3. The van der Waals surface area contributed by atoms with E-state index in [0.717, 1.165) is 49.9 Å². The predicted molar refractivity (Wildman–Crippen MR) is 200 cm³/mol. The van der Waals surface area contributed by atoms with Gasteiger partial charge in [0.1, 0.15) is 11.2 Å². The van der Waals surface area contributed by atoms with Gasteiger partial charge in [-0.1, -0.05) is 105 Å². The van der Waals surface area contributed by atoms with Crippen molar-refractivity contribution >= 4 is 45.2 Å². The molecule has 0 fully saturated rings. The van der Waals surface area contributed by atoms with Crippen LogP contribution in [0.15, 0.2) is 132 Å². The molecule has 0 radical (unpaired) electrons. The Morgan fingerprint density at radius 3 is 2.00 bits per heavy atom. The first-order valence-electron chi connectivity index (χ1n) is 15.6. The first kappa shape index (κ1) is 34.2. The van der Waals surface area contributed by atoms with E-state index >= 15 is 0 Å². The van der Waals surface area contributed by atoms with E-state index in [1.807, 2.05) is 45.9 Å². The van der Waals surface area contributed by atoms with Crippen LogP contribution in [-0.2, 0) is 0 Å². The Kier molecular flexibility index (Phi) is 13.5. The third kappa shape index (κ3) is 8.65. The van der Waals surface area contributed by atoms with E-state index in [4.69, 9.17) is 4.42 Å². The molecule has 2 heteroatoms. The minimum Gasteiger partial charge on any atom is -0.456 e. The van der Waals surface area contributed by atoms with Crippen molar-refractivity contribution in [2.45, 2.75) is 48.5 Å². The molecule has 5 rings (SSSR count). The Hall–Kier alpha value is -5.26. The number of aromatic nitrogens is 1. The lowest BCUT2D eigenvalue weighted by atomic mass is 9.99. The summed E-state index contributed by atoms with van der Waals surface area (Å²) in [6.45, 7) is 13.9. The number of furan rings is 1. The van der Waals surface area contributed by atoms with Crippen molar-refractivity contribution in [1.82, 2.24) is 4.57 Å². The van der Waals surface area contributed by atoms with Crippen molar-refractivity contribution < 1.29 is 4.42 Å². The van der Waals surface area contributed by atoms with Crippen molar-refractivity contribution in [3.05, 3.63) is 150 Å². The molecule has 0 unspecified atom stereocenters. The van der Waals surface area contributed by atoms with Gasteiger partial charge in [0, 0.05) is 34.4 Å². The molecule has 5 aromatic rings. The molecule has 0 bridgehead atoms. The Morgan fingerprint density at radius 2 is 1.33 bits per heavy atom. The summed E-state index contributed by atoms with van der Waals surface area (Å²) in [6, 6.07) is 23.4. The van der Waals surface area contributed by atoms with E-state index in [1.165, 1.54) is 11.1 Å². The number of allylic oxidation sites excluding steroid dienone is 10. The van der Waals surface area contributed by atoms with Crippen LogP contribution in [0, 0.1) is 12.3 Å². The second-order valence-electron chi connectivity index (χ2n) is 9.95. The minimum atomic E-state index is 0.907. The summed E-state index contributed by atoms with van der Waals surface area (Å²) >= 11 is 0. The van der Waals surface area contributed by atoms with E-state index < -0.39 is 0 Å². The van der Waals surface area contributed by atoms with Crippen LogP contribution in [0.3, 0.4) is 0 Å². The third-order valence-electron chi connectivity index (χ3n) is 6.99. The van der Waals surface area contributed by atoms with Crippen LogP contribution < -0.4 is 0 Å². The van der Waals surface area contributed by atoms with Crippen LogP contribution in [0.2, 0.25) is 0 Å². The number of rotatable bonds is 8. The minimum absolute atomic E-state index is 0.907. The second kappa shape index (κ2) is 17.8. The lowest BCUT2D eigenvalue weighted by Gasteiger charge is -2.06. The van der Waals surface area contributed by atoms with Crippen LogP contribution in [0.4, 0.5) is 0 Å². The molecular formula is C43H45NO. The van der Waals surface area contributed by atoms with Crippen LogP contribution in [-0.4, -0.2) is 4.57 Å². The van der Waals surface area contributed by atoms with Crippen molar-refractivity contribution in [3.63, 3.8) is 0 Å². The Morgan fingerprint density at radius 1 is 0.711 bits per heavy atom. The van der Waals surface area contributed by atoms with Crippen molar-refractivity contribution in [2.24, 2.45) is 0 Å². The zero-order valence-corrected chi connectivity index (χ0v) is 27.7. The highest BCUT2D eigenvalue weighted by Crippen LogP contribution is 2.32. The highest BCUT2D eigenvalue weighted by Gasteiger charge is 2.11. The summed E-state index contributed by atoms with van der Waals surface area (Å²) in [5.74, 6) is 2.25. The maximum absolute atomic E-state index is 6.07. The molecule has 2 nitrogen and oxygen atoms in total. The van der Waals surface area contributed by atoms with E-state index in [2.05, 4.69) is 152 Å². The molecule has 0 saturated heterocycles. The average molecular weight is 592 g/mol. The molecule has 0 aliphatic rings. The van der Waals surface area contributed by atoms with Gasteiger partial charge in [-0.15, -0.1) is 12.3 Å². The van der Waals surface area contributed by atoms with Gasteiger partial charge < -0.3 is 8.98 Å². The first-order chi connectivity index (χ1) is 22.1. The molecule has 228 valence electrons.